The molecule has 0 aromatic carbocycles. The molecule has 0 bridgehead atoms. The van der Waals surface area contributed by atoms with E-state index in [0.29, 0.717) is 38.6 Å². The molecule has 0 N–H and O–H groups in total. The fourth-order valence-electron chi connectivity index (χ4n) is 3.40. The summed E-state index contributed by atoms with van der Waals surface area (Å²) in [6, 6.07) is 1.90. The van der Waals surface area contributed by atoms with E-state index in [1.165, 1.54) is 11.8 Å². The minimum absolute atomic E-state index is 0.107. The fraction of sp³-hybridized carbons (Fsp3) is 0.611. The summed E-state index contributed by atoms with van der Waals surface area (Å²) in [6.45, 7) is 5.91. The van der Waals surface area contributed by atoms with Crippen molar-refractivity contribution < 1.29 is 18.7 Å². The number of nitrogens with zero attached hydrogens (tertiary/aromatic N) is 4. The highest BCUT2D eigenvalue weighted by Gasteiger charge is 2.24. The van der Waals surface area contributed by atoms with Crippen molar-refractivity contribution in [3.8, 4) is 11.4 Å². The molecule has 146 valence electrons. The second-order valence-electron chi connectivity index (χ2n) is 6.72. The summed E-state index contributed by atoms with van der Waals surface area (Å²) in [6.07, 6.45) is 3.91. The van der Waals surface area contributed by atoms with E-state index in [0.717, 1.165) is 41.8 Å². The maximum Gasteiger partial charge on any atom is 0.233 e. The van der Waals surface area contributed by atoms with E-state index in [1.807, 2.05) is 17.9 Å². The number of aryl methyl sites for hydroxylation is 1. The number of hydrogen-bond acceptors (Lipinski definition) is 7. The van der Waals surface area contributed by atoms with Crippen LogP contribution in [0.4, 0.5) is 0 Å². The number of amides is 1. The highest BCUT2D eigenvalue weighted by molar-refractivity contribution is 7.99. The van der Waals surface area contributed by atoms with Crippen LogP contribution < -0.4 is 0 Å². The third-order valence-corrected chi connectivity index (χ3v) is 5.87. The Hall–Kier alpha value is -1.84. The Balaban J connectivity index is 1.51. The molecule has 2 aromatic rings. The van der Waals surface area contributed by atoms with E-state index < -0.39 is 0 Å². The Bertz CT molecular complexity index is 778. The number of carbonyl (C=O) groups is 1. The van der Waals surface area contributed by atoms with E-state index in [2.05, 4.69) is 14.8 Å². The Morgan fingerprint density at radius 1 is 1.30 bits per heavy atom. The Morgan fingerprint density at radius 2 is 2.15 bits per heavy atom. The number of furan rings is 1. The molecule has 1 atom stereocenters. The van der Waals surface area contributed by atoms with Gasteiger partial charge in [0.15, 0.2) is 11.0 Å². The second kappa shape index (κ2) is 8.45. The molecule has 2 aliphatic rings. The molecule has 27 heavy (non-hydrogen) atoms. The quantitative estimate of drug-likeness (QED) is 0.695. The summed E-state index contributed by atoms with van der Waals surface area (Å²) in [5.74, 6) is 2.01. The summed E-state index contributed by atoms with van der Waals surface area (Å²) in [5, 5.41) is 9.48. The van der Waals surface area contributed by atoms with Gasteiger partial charge in [-0.15, -0.1) is 10.2 Å². The lowest BCUT2D eigenvalue weighted by Gasteiger charge is -2.26. The molecule has 0 aliphatic carbocycles. The van der Waals surface area contributed by atoms with Gasteiger partial charge in [-0.1, -0.05) is 11.8 Å². The zero-order chi connectivity index (χ0) is 18.6. The molecule has 8 nitrogen and oxygen atoms in total. The fourth-order valence-corrected chi connectivity index (χ4v) is 4.25. The average molecular weight is 392 g/mol. The van der Waals surface area contributed by atoms with E-state index in [9.17, 15) is 4.79 Å². The molecular weight excluding hydrogens is 368 g/mol. The average Bonchev–Trinajstić information content (AvgIpc) is 3.43. The molecular formula is C18H24N4O4S. The van der Waals surface area contributed by atoms with Gasteiger partial charge in [0.2, 0.25) is 5.91 Å². The predicted octanol–water partition coefficient (Wildman–Crippen LogP) is 1.98. The van der Waals surface area contributed by atoms with Gasteiger partial charge in [-0.2, -0.15) is 0 Å². The van der Waals surface area contributed by atoms with Crippen LogP contribution in [0.5, 0.6) is 0 Å². The molecule has 0 radical (unpaired) electrons. The largest absolute Gasteiger partial charge is 0.469 e. The van der Waals surface area contributed by atoms with Crippen molar-refractivity contribution in [2.24, 2.45) is 0 Å². The molecule has 0 spiro atoms. The van der Waals surface area contributed by atoms with Crippen LogP contribution in [0.2, 0.25) is 0 Å². The van der Waals surface area contributed by atoms with Crippen LogP contribution in [0.25, 0.3) is 11.4 Å². The molecule has 1 amide bonds. The lowest BCUT2D eigenvalue weighted by molar-refractivity contribution is -0.132. The summed E-state index contributed by atoms with van der Waals surface area (Å²) in [5.41, 5.74) is 0.923. The zero-order valence-electron chi connectivity index (χ0n) is 15.4. The van der Waals surface area contributed by atoms with Crippen LogP contribution in [-0.2, 0) is 20.8 Å². The van der Waals surface area contributed by atoms with Crippen LogP contribution in [-0.4, -0.2) is 70.3 Å². The Kier molecular flexibility index (Phi) is 5.80. The van der Waals surface area contributed by atoms with Crippen molar-refractivity contribution in [3.05, 3.63) is 18.1 Å². The predicted molar refractivity (Wildman–Crippen MR) is 99.6 cm³/mol. The lowest BCUT2D eigenvalue weighted by Crippen LogP contribution is -2.41. The third-order valence-electron chi connectivity index (χ3n) is 4.92. The molecule has 0 saturated carbocycles. The van der Waals surface area contributed by atoms with Gasteiger partial charge in [0.05, 0.1) is 43.4 Å². The van der Waals surface area contributed by atoms with Crippen molar-refractivity contribution in [3.63, 3.8) is 0 Å². The standard InChI is InChI=1S/C18H24N4O4S/c1-13-15(4-8-25-13)17-19-20-18(22(17)11-14-3-2-7-26-14)27-12-16(23)21-5-9-24-10-6-21/h4,8,14H,2-3,5-7,9-12H2,1H3. The highest BCUT2D eigenvalue weighted by atomic mass is 32.2. The number of aromatic nitrogens is 3. The molecule has 4 heterocycles. The van der Waals surface area contributed by atoms with Gasteiger partial charge >= 0.3 is 0 Å². The smallest absolute Gasteiger partial charge is 0.233 e. The molecule has 2 saturated heterocycles. The normalized spacial score (nSPS) is 20.3. The van der Waals surface area contributed by atoms with Gasteiger partial charge in [0, 0.05) is 19.7 Å². The van der Waals surface area contributed by atoms with Crippen molar-refractivity contribution >= 4 is 17.7 Å². The number of carbonyl (C=O) groups excluding carboxylic acids is 1. The van der Waals surface area contributed by atoms with Crippen molar-refractivity contribution in [2.75, 3.05) is 38.7 Å². The van der Waals surface area contributed by atoms with Crippen LogP contribution in [0.15, 0.2) is 21.9 Å². The lowest BCUT2D eigenvalue weighted by atomic mass is 10.2. The van der Waals surface area contributed by atoms with Crippen molar-refractivity contribution in [1.29, 1.82) is 0 Å². The van der Waals surface area contributed by atoms with E-state index in [1.54, 1.807) is 6.26 Å². The molecule has 2 aromatic heterocycles. The summed E-state index contributed by atoms with van der Waals surface area (Å²) >= 11 is 1.43. The molecule has 9 heteroatoms. The monoisotopic (exact) mass is 392 g/mol. The number of rotatable bonds is 6. The van der Waals surface area contributed by atoms with E-state index in [-0.39, 0.29) is 12.0 Å². The minimum atomic E-state index is 0.107. The topological polar surface area (TPSA) is 82.6 Å². The second-order valence-corrected chi connectivity index (χ2v) is 7.67. The Labute approximate surface area is 162 Å². The van der Waals surface area contributed by atoms with Crippen LogP contribution in [0.1, 0.15) is 18.6 Å². The van der Waals surface area contributed by atoms with Crippen molar-refractivity contribution in [1.82, 2.24) is 19.7 Å². The Morgan fingerprint density at radius 3 is 2.85 bits per heavy atom. The van der Waals surface area contributed by atoms with E-state index >= 15 is 0 Å². The van der Waals surface area contributed by atoms with E-state index in [4.69, 9.17) is 13.9 Å². The van der Waals surface area contributed by atoms with Gasteiger partial charge in [-0.3, -0.25) is 9.36 Å². The van der Waals surface area contributed by atoms with Crippen LogP contribution >= 0.6 is 11.8 Å². The minimum Gasteiger partial charge on any atom is -0.469 e. The molecule has 4 rings (SSSR count). The number of morpholine rings is 1. The summed E-state index contributed by atoms with van der Waals surface area (Å²) in [7, 11) is 0. The van der Waals surface area contributed by atoms with Crippen molar-refractivity contribution in [2.45, 2.75) is 37.6 Å². The SMILES string of the molecule is Cc1occc1-c1nnc(SCC(=O)N2CCOCC2)n1CC1CCCO1. The van der Waals surface area contributed by atoms with Crippen LogP contribution in [0, 0.1) is 6.92 Å². The molecule has 2 aliphatic heterocycles. The van der Waals surface area contributed by atoms with Gasteiger partial charge in [-0.25, -0.2) is 0 Å². The maximum atomic E-state index is 12.5. The molecule has 2 fully saturated rings. The third kappa shape index (κ3) is 4.20. The zero-order valence-corrected chi connectivity index (χ0v) is 16.2. The van der Waals surface area contributed by atoms with Gasteiger partial charge in [0.25, 0.3) is 0 Å². The number of hydrogen-bond donors (Lipinski definition) is 0. The van der Waals surface area contributed by atoms with Gasteiger partial charge in [-0.05, 0) is 25.8 Å². The molecule has 1 unspecified atom stereocenters. The number of thioether (sulfide) groups is 1. The first-order valence-corrected chi connectivity index (χ1v) is 10.3. The first-order valence-electron chi connectivity index (χ1n) is 9.30. The van der Waals surface area contributed by atoms with Gasteiger partial charge in [0.1, 0.15) is 5.76 Å². The maximum absolute atomic E-state index is 12.5. The summed E-state index contributed by atoms with van der Waals surface area (Å²) < 4.78 is 18.6. The first-order chi connectivity index (χ1) is 13.2. The van der Waals surface area contributed by atoms with Gasteiger partial charge < -0.3 is 18.8 Å². The first kappa shape index (κ1) is 18.5. The number of ether oxygens (including phenoxy) is 2. The summed E-state index contributed by atoms with van der Waals surface area (Å²) in [4.78, 5) is 14.3. The highest BCUT2D eigenvalue weighted by Crippen LogP contribution is 2.29. The van der Waals surface area contributed by atoms with Crippen LogP contribution in [0.3, 0.4) is 0 Å².